The van der Waals surface area contributed by atoms with E-state index in [1.54, 1.807) is 14.2 Å². The highest BCUT2D eigenvalue weighted by molar-refractivity contribution is 5.95. The molecule has 0 saturated carbocycles. The first kappa shape index (κ1) is 20.5. The SMILES string of the molecule is CCCCCCC(=C=C(C)C)[C@H]1N=C(OC)[C@H](C(C)C)N=C1OC. The summed E-state index contributed by atoms with van der Waals surface area (Å²) in [6, 6.07) is -0.286. The molecule has 1 rings (SSSR count). The fourth-order valence-corrected chi connectivity index (χ4v) is 2.85. The van der Waals surface area contributed by atoms with Gasteiger partial charge in [0.1, 0.15) is 6.04 Å². The second-order valence-electron chi connectivity index (χ2n) is 6.90. The van der Waals surface area contributed by atoms with Gasteiger partial charge in [0.2, 0.25) is 11.8 Å². The Morgan fingerprint density at radius 2 is 1.71 bits per heavy atom. The Labute approximate surface area is 147 Å². The summed E-state index contributed by atoms with van der Waals surface area (Å²) in [5.41, 5.74) is 5.78. The van der Waals surface area contributed by atoms with Gasteiger partial charge in [-0.2, -0.15) is 0 Å². The summed E-state index contributed by atoms with van der Waals surface area (Å²) in [5.74, 6) is 1.68. The van der Waals surface area contributed by atoms with E-state index in [2.05, 4.69) is 40.3 Å². The molecule has 0 saturated heterocycles. The average molecular weight is 335 g/mol. The molecule has 1 heterocycles. The number of unbranched alkanes of at least 4 members (excludes halogenated alkanes) is 3. The Hall–Kier alpha value is -1.54. The van der Waals surface area contributed by atoms with Crippen LogP contribution in [0.5, 0.6) is 0 Å². The van der Waals surface area contributed by atoms with Crippen LogP contribution in [0.4, 0.5) is 0 Å². The minimum absolute atomic E-state index is 0.0748. The third-order valence-corrected chi connectivity index (χ3v) is 4.10. The number of ether oxygens (including phenoxy) is 2. The quantitative estimate of drug-likeness (QED) is 0.488. The van der Waals surface area contributed by atoms with Gasteiger partial charge in [0.05, 0.1) is 14.2 Å². The standard InChI is InChI=1S/C20H34N2O2/c1-8-9-10-11-12-16(13-14(2)3)18-20(24-7)21-17(15(4)5)19(22-18)23-6/h15,17-18H,8-12H2,1-7H3/t17-,18+/m0/s1. The largest absolute Gasteiger partial charge is 0.483 e. The minimum Gasteiger partial charge on any atom is -0.483 e. The zero-order valence-electron chi connectivity index (χ0n) is 16.5. The number of methoxy groups -OCH3 is 2. The molecule has 24 heavy (non-hydrogen) atoms. The van der Waals surface area contributed by atoms with Gasteiger partial charge in [-0.3, -0.25) is 0 Å². The molecular formula is C20H34N2O2. The minimum atomic E-state index is -0.212. The highest BCUT2D eigenvalue weighted by Gasteiger charge is 2.32. The van der Waals surface area contributed by atoms with Crippen LogP contribution in [-0.2, 0) is 9.47 Å². The maximum atomic E-state index is 5.58. The second kappa shape index (κ2) is 10.4. The maximum Gasteiger partial charge on any atom is 0.214 e. The van der Waals surface area contributed by atoms with Gasteiger partial charge < -0.3 is 9.47 Å². The van der Waals surface area contributed by atoms with Crippen molar-refractivity contribution < 1.29 is 9.47 Å². The lowest BCUT2D eigenvalue weighted by Crippen LogP contribution is -2.38. The van der Waals surface area contributed by atoms with Crippen molar-refractivity contribution >= 4 is 11.8 Å². The molecule has 0 aromatic rings. The van der Waals surface area contributed by atoms with Crippen LogP contribution in [0.15, 0.2) is 26.9 Å². The van der Waals surface area contributed by atoms with Gasteiger partial charge >= 0.3 is 0 Å². The van der Waals surface area contributed by atoms with E-state index < -0.39 is 0 Å². The first-order chi connectivity index (χ1) is 11.4. The van der Waals surface area contributed by atoms with E-state index in [9.17, 15) is 0 Å². The first-order valence-electron chi connectivity index (χ1n) is 9.10. The van der Waals surface area contributed by atoms with Crippen molar-refractivity contribution in [2.24, 2.45) is 15.9 Å². The van der Waals surface area contributed by atoms with Gasteiger partial charge in [-0.05, 0) is 38.2 Å². The fraction of sp³-hybridized carbons (Fsp3) is 0.750. The molecule has 1 aliphatic rings. The Balaban J connectivity index is 3.13. The maximum absolute atomic E-state index is 5.58. The summed E-state index contributed by atoms with van der Waals surface area (Å²) in [6.07, 6.45) is 5.83. The van der Waals surface area contributed by atoms with Gasteiger partial charge in [0.25, 0.3) is 0 Å². The van der Waals surface area contributed by atoms with Crippen molar-refractivity contribution in [2.75, 3.05) is 14.2 Å². The molecule has 0 unspecified atom stereocenters. The summed E-state index contributed by atoms with van der Waals surface area (Å²) >= 11 is 0. The molecule has 0 aromatic carbocycles. The van der Waals surface area contributed by atoms with E-state index in [0.29, 0.717) is 17.7 Å². The van der Waals surface area contributed by atoms with Crippen LogP contribution < -0.4 is 0 Å². The topological polar surface area (TPSA) is 43.2 Å². The van der Waals surface area contributed by atoms with E-state index in [-0.39, 0.29) is 12.1 Å². The van der Waals surface area contributed by atoms with E-state index in [1.807, 2.05) is 0 Å². The molecule has 0 aliphatic carbocycles. The first-order valence-corrected chi connectivity index (χ1v) is 9.10. The number of hydrogen-bond acceptors (Lipinski definition) is 4. The molecule has 0 fully saturated rings. The Morgan fingerprint density at radius 3 is 2.21 bits per heavy atom. The Kier molecular flexibility index (Phi) is 8.84. The molecule has 0 amide bonds. The van der Waals surface area contributed by atoms with E-state index in [4.69, 9.17) is 19.5 Å². The van der Waals surface area contributed by atoms with Crippen molar-refractivity contribution in [3.63, 3.8) is 0 Å². The monoisotopic (exact) mass is 334 g/mol. The van der Waals surface area contributed by atoms with Crippen molar-refractivity contribution in [3.8, 4) is 0 Å². The predicted molar refractivity (Wildman–Crippen MR) is 102 cm³/mol. The third kappa shape index (κ3) is 5.83. The number of rotatable bonds is 7. The zero-order chi connectivity index (χ0) is 18.1. The number of aliphatic imine (C=N–C) groups is 2. The smallest absolute Gasteiger partial charge is 0.214 e. The predicted octanol–water partition coefficient (Wildman–Crippen LogP) is 4.94. The Morgan fingerprint density at radius 1 is 1.04 bits per heavy atom. The van der Waals surface area contributed by atoms with Crippen LogP contribution in [0.1, 0.15) is 66.7 Å². The number of hydrogen-bond donors (Lipinski definition) is 0. The normalized spacial score (nSPS) is 20.2. The molecule has 0 bridgehead atoms. The molecule has 0 radical (unpaired) electrons. The molecule has 2 atom stereocenters. The molecule has 4 nitrogen and oxygen atoms in total. The van der Waals surface area contributed by atoms with Crippen LogP contribution in [0.2, 0.25) is 0 Å². The summed E-state index contributed by atoms with van der Waals surface area (Å²) in [7, 11) is 3.35. The van der Waals surface area contributed by atoms with Gasteiger partial charge in [0.15, 0.2) is 6.04 Å². The fourth-order valence-electron chi connectivity index (χ4n) is 2.85. The van der Waals surface area contributed by atoms with Crippen molar-refractivity contribution in [2.45, 2.75) is 78.8 Å². The average Bonchev–Trinajstić information content (AvgIpc) is 2.55. The van der Waals surface area contributed by atoms with Gasteiger partial charge in [-0.25, -0.2) is 9.98 Å². The number of nitrogens with zero attached hydrogens (tertiary/aromatic N) is 2. The molecule has 1 aliphatic heterocycles. The van der Waals surface area contributed by atoms with E-state index >= 15 is 0 Å². The Bertz CT molecular complexity index is 522. The lowest BCUT2D eigenvalue weighted by molar-refractivity contribution is 0.336. The van der Waals surface area contributed by atoms with E-state index in [0.717, 1.165) is 24.0 Å². The highest BCUT2D eigenvalue weighted by Crippen LogP contribution is 2.24. The second-order valence-corrected chi connectivity index (χ2v) is 6.90. The molecule has 136 valence electrons. The zero-order valence-corrected chi connectivity index (χ0v) is 16.5. The lowest BCUT2D eigenvalue weighted by atomic mass is 9.97. The summed E-state index contributed by atoms with van der Waals surface area (Å²) in [5, 5.41) is 0. The van der Waals surface area contributed by atoms with Crippen molar-refractivity contribution in [1.29, 1.82) is 0 Å². The third-order valence-electron chi connectivity index (χ3n) is 4.10. The van der Waals surface area contributed by atoms with E-state index in [1.165, 1.54) is 19.3 Å². The van der Waals surface area contributed by atoms with Crippen LogP contribution in [0, 0.1) is 5.92 Å². The molecule has 0 spiro atoms. The summed E-state index contributed by atoms with van der Waals surface area (Å²) in [6.45, 7) is 10.6. The van der Waals surface area contributed by atoms with Gasteiger partial charge in [-0.15, -0.1) is 5.73 Å². The molecule has 0 aromatic heterocycles. The lowest BCUT2D eigenvalue weighted by Gasteiger charge is -2.27. The molecular weight excluding hydrogens is 300 g/mol. The van der Waals surface area contributed by atoms with Gasteiger partial charge in [0, 0.05) is 5.57 Å². The van der Waals surface area contributed by atoms with Crippen molar-refractivity contribution in [1.82, 2.24) is 0 Å². The van der Waals surface area contributed by atoms with Crippen LogP contribution in [-0.4, -0.2) is 38.1 Å². The van der Waals surface area contributed by atoms with Crippen LogP contribution >= 0.6 is 0 Å². The molecule has 4 heteroatoms. The summed E-state index contributed by atoms with van der Waals surface area (Å²) < 4.78 is 11.1. The van der Waals surface area contributed by atoms with Gasteiger partial charge in [-0.1, -0.05) is 40.0 Å². The highest BCUT2D eigenvalue weighted by atomic mass is 16.5. The van der Waals surface area contributed by atoms with Crippen LogP contribution in [0.3, 0.4) is 0 Å². The van der Waals surface area contributed by atoms with Crippen LogP contribution in [0.25, 0.3) is 0 Å². The summed E-state index contributed by atoms with van der Waals surface area (Å²) in [4.78, 5) is 9.61. The molecule has 0 N–H and O–H groups in total. The van der Waals surface area contributed by atoms with Crippen molar-refractivity contribution in [3.05, 3.63) is 16.9 Å².